The second-order valence-electron chi connectivity index (χ2n) is 7.98. The highest BCUT2D eigenvalue weighted by Crippen LogP contribution is 2.38. The molecule has 0 radical (unpaired) electrons. The van der Waals surface area contributed by atoms with Crippen LogP contribution in [-0.2, 0) is 0 Å². The summed E-state index contributed by atoms with van der Waals surface area (Å²) in [6, 6.07) is 21.8. The highest BCUT2D eigenvalue weighted by molar-refractivity contribution is 7.99. The highest BCUT2D eigenvalue weighted by atomic mass is 35.5. The van der Waals surface area contributed by atoms with Crippen molar-refractivity contribution in [1.82, 2.24) is 5.32 Å². The predicted octanol–water partition coefficient (Wildman–Crippen LogP) is 7.64. The molecule has 0 aliphatic rings. The molecule has 0 bridgehead atoms. The summed E-state index contributed by atoms with van der Waals surface area (Å²) in [5.74, 6) is 0.550. The molecule has 0 unspecified atom stereocenters. The van der Waals surface area contributed by atoms with E-state index < -0.39 is 0 Å². The van der Waals surface area contributed by atoms with E-state index >= 15 is 0 Å². The Balaban J connectivity index is 1.80. The summed E-state index contributed by atoms with van der Waals surface area (Å²) in [6.07, 6.45) is 0.977. The Morgan fingerprint density at radius 2 is 1.68 bits per heavy atom. The molecular formula is C27H28ClNOS. The highest BCUT2D eigenvalue weighted by Gasteiger charge is 2.13. The Hall–Kier alpha value is -2.49. The molecule has 3 rings (SSSR count). The third-order valence-corrected chi connectivity index (χ3v) is 6.66. The SMILES string of the molecule is C=C(c1ccccc1Cl)c1ccccc1Sc1ccc(C(=O)NCCC(C)C)cc1C. The zero-order chi connectivity index (χ0) is 22.4. The largest absolute Gasteiger partial charge is 0.352 e. The summed E-state index contributed by atoms with van der Waals surface area (Å²) in [6.45, 7) is 11.4. The third-order valence-electron chi connectivity index (χ3n) is 5.08. The van der Waals surface area contributed by atoms with E-state index in [0.717, 1.165) is 38.5 Å². The smallest absolute Gasteiger partial charge is 0.251 e. The van der Waals surface area contributed by atoms with Gasteiger partial charge < -0.3 is 5.32 Å². The third kappa shape index (κ3) is 6.03. The van der Waals surface area contributed by atoms with E-state index in [1.165, 1.54) is 0 Å². The summed E-state index contributed by atoms with van der Waals surface area (Å²) in [5.41, 5.74) is 4.64. The van der Waals surface area contributed by atoms with E-state index in [1.807, 2.05) is 61.5 Å². The lowest BCUT2D eigenvalue weighted by atomic mass is 10.00. The zero-order valence-corrected chi connectivity index (χ0v) is 19.8. The van der Waals surface area contributed by atoms with Crippen molar-refractivity contribution in [3.05, 3.63) is 101 Å². The van der Waals surface area contributed by atoms with Crippen molar-refractivity contribution in [2.75, 3.05) is 6.54 Å². The van der Waals surface area contributed by atoms with Crippen LogP contribution in [0, 0.1) is 12.8 Å². The molecular weight excluding hydrogens is 422 g/mol. The number of amides is 1. The Bertz CT molecular complexity index is 1090. The molecule has 2 nitrogen and oxygen atoms in total. The van der Waals surface area contributed by atoms with Gasteiger partial charge in [0.05, 0.1) is 0 Å². The van der Waals surface area contributed by atoms with Crippen molar-refractivity contribution in [3.63, 3.8) is 0 Å². The van der Waals surface area contributed by atoms with Crippen LogP contribution in [0.5, 0.6) is 0 Å². The molecule has 31 heavy (non-hydrogen) atoms. The first-order chi connectivity index (χ1) is 14.9. The second-order valence-corrected chi connectivity index (χ2v) is 9.47. The number of benzene rings is 3. The van der Waals surface area contributed by atoms with Crippen LogP contribution < -0.4 is 5.32 Å². The molecule has 3 aromatic rings. The van der Waals surface area contributed by atoms with E-state index in [0.29, 0.717) is 23.0 Å². The van der Waals surface area contributed by atoms with Gasteiger partial charge in [0.25, 0.3) is 5.91 Å². The Kier molecular flexibility index (Phi) is 8.00. The van der Waals surface area contributed by atoms with Gasteiger partial charge in [-0.15, -0.1) is 0 Å². The molecule has 0 heterocycles. The van der Waals surface area contributed by atoms with Gasteiger partial charge in [0.15, 0.2) is 0 Å². The average molecular weight is 450 g/mol. The first-order valence-corrected chi connectivity index (χ1v) is 11.7. The van der Waals surface area contributed by atoms with Crippen molar-refractivity contribution >= 4 is 34.8 Å². The summed E-state index contributed by atoms with van der Waals surface area (Å²) in [4.78, 5) is 14.6. The molecule has 0 atom stereocenters. The van der Waals surface area contributed by atoms with Crippen LogP contribution in [0.15, 0.2) is 83.1 Å². The van der Waals surface area contributed by atoms with Crippen LogP contribution in [0.4, 0.5) is 0 Å². The molecule has 0 aromatic heterocycles. The quantitative estimate of drug-likeness (QED) is 0.382. The maximum Gasteiger partial charge on any atom is 0.251 e. The lowest BCUT2D eigenvalue weighted by molar-refractivity contribution is 0.0952. The maximum atomic E-state index is 12.4. The molecule has 4 heteroatoms. The lowest BCUT2D eigenvalue weighted by Gasteiger charge is -2.15. The van der Waals surface area contributed by atoms with Gasteiger partial charge in [0.1, 0.15) is 0 Å². The van der Waals surface area contributed by atoms with E-state index in [9.17, 15) is 4.79 Å². The fourth-order valence-corrected chi connectivity index (χ4v) is 4.55. The number of nitrogens with one attached hydrogen (secondary N) is 1. The van der Waals surface area contributed by atoms with Gasteiger partial charge in [-0.3, -0.25) is 4.79 Å². The Labute approximate surface area is 194 Å². The molecule has 0 saturated heterocycles. The Morgan fingerprint density at radius 1 is 1.00 bits per heavy atom. The standard InChI is InChI=1S/C27H28ClNOS/c1-18(2)15-16-29-27(30)21-13-14-25(19(3)17-21)31-26-12-8-6-10-23(26)20(4)22-9-5-7-11-24(22)28/h5-14,17-18H,4,15-16H2,1-3H3,(H,29,30). The zero-order valence-electron chi connectivity index (χ0n) is 18.2. The van der Waals surface area contributed by atoms with E-state index in [4.69, 9.17) is 11.6 Å². The fraction of sp³-hybridized carbons (Fsp3) is 0.222. The number of carbonyl (C=O) groups is 1. The van der Waals surface area contributed by atoms with Gasteiger partial charge >= 0.3 is 0 Å². The number of rotatable bonds is 8. The first-order valence-electron chi connectivity index (χ1n) is 10.5. The minimum atomic E-state index is -0.0206. The fourth-order valence-electron chi connectivity index (χ4n) is 3.26. The summed E-state index contributed by atoms with van der Waals surface area (Å²) in [5, 5.41) is 3.70. The van der Waals surface area contributed by atoms with Gasteiger partial charge in [-0.05, 0) is 66.3 Å². The van der Waals surface area contributed by atoms with Crippen molar-refractivity contribution in [2.45, 2.75) is 37.0 Å². The van der Waals surface area contributed by atoms with Crippen LogP contribution >= 0.6 is 23.4 Å². The van der Waals surface area contributed by atoms with Gasteiger partial charge in [0, 0.05) is 32.5 Å². The molecule has 1 N–H and O–H groups in total. The number of carbonyl (C=O) groups excluding carboxylic acids is 1. The van der Waals surface area contributed by atoms with Crippen LogP contribution in [0.2, 0.25) is 5.02 Å². The number of hydrogen-bond donors (Lipinski definition) is 1. The monoisotopic (exact) mass is 449 g/mol. The van der Waals surface area contributed by atoms with Gasteiger partial charge in [-0.2, -0.15) is 0 Å². The molecule has 160 valence electrons. The van der Waals surface area contributed by atoms with Crippen molar-refractivity contribution in [3.8, 4) is 0 Å². The average Bonchev–Trinajstić information content (AvgIpc) is 2.75. The molecule has 0 aliphatic heterocycles. The van der Waals surface area contributed by atoms with Crippen molar-refractivity contribution in [1.29, 1.82) is 0 Å². The molecule has 0 aliphatic carbocycles. The first kappa shape index (κ1) is 23.2. The van der Waals surface area contributed by atoms with E-state index in [1.54, 1.807) is 11.8 Å². The minimum absolute atomic E-state index is 0.0206. The molecule has 0 saturated carbocycles. The summed E-state index contributed by atoms with van der Waals surface area (Å²) < 4.78 is 0. The topological polar surface area (TPSA) is 29.1 Å². The van der Waals surface area contributed by atoms with Crippen LogP contribution in [0.25, 0.3) is 5.57 Å². The minimum Gasteiger partial charge on any atom is -0.352 e. The summed E-state index contributed by atoms with van der Waals surface area (Å²) >= 11 is 8.08. The number of hydrogen-bond acceptors (Lipinski definition) is 2. The second kappa shape index (κ2) is 10.7. The number of halogens is 1. The van der Waals surface area contributed by atoms with Crippen LogP contribution in [0.3, 0.4) is 0 Å². The van der Waals surface area contributed by atoms with Gasteiger partial charge in [-0.1, -0.05) is 80.2 Å². The normalized spacial score (nSPS) is 10.9. The maximum absolute atomic E-state index is 12.4. The van der Waals surface area contributed by atoms with E-state index in [-0.39, 0.29) is 5.91 Å². The van der Waals surface area contributed by atoms with Crippen molar-refractivity contribution in [2.24, 2.45) is 5.92 Å². The molecule has 0 fully saturated rings. The molecule has 3 aromatic carbocycles. The van der Waals surface area contributed by atoms with Gasteiger partial charge in [0.2, 0.25) is 0 Å². The summed E-state index contributed by atoms with van der Waals surface area (Å²) in [7, 11) is 0. The number of aryl methyl sites for hydroxylation is 1. The molecule has 1 amide bonds. The van der Waals surface area contributed by atoms with E-state index in [2.05, 4.69) is 37.9 Å². The Morgan fingerprint density at radius 3 is 2.35 bits per heavy atom. The molecule has 0 spiro atoms. The van der Waals surface area contributed by atoms with Crippen LogP contribution in [0.1, 0.15) is 47.3 Å². The van der Waals surface area contributed by atoms with Gasteiger partial charge in [-0.25, -0.2) is 0 Å². The van der Waals surface area contributed by atoms with Crippen LogP contribution in [-0.4, -0.2) is 12.5 Å². The lowest BCUT2D eigenvalue weighted by Crippen LogP contribution is -2.25. The predicted molar refractivity (Wildman–Crippen MR) is 133 cm³/mol. The van der Waals surface area contributed by atoms with Crippen molar-refractivity contribution < 1.29 is 4.79 Å².